The number of hydrogen-bond acceptors (Lipinski definition) is 7. The molecule has 0 radical (unpaired) electrons. The van der Waals surface area contributed by atoms with Gasteiger partial charge < -0.3 is 20.4 Å². The summed E-state index contributed by atoms with van der Waals surface area (Å²) in [4.78, 5) is 76.3. The van der Waals surface area contributed by atoms with Gasteiger partial charge >= 0.3 is 5.97 Å². The van der Waals surface area contributed by atoms with Gasteiger partial charge in [-0.1, -0.05) is 45.2 Å². The average molecular weight is 664 g/mol. The summed E-state index contributed by atoms with van der Waals surface area (Å²) in [5, 5.41) is 5.91. The normalized spacial score (nSPS) is 13.2. The summed E-state index contributed by atoms with van der Waals surface area (Å²) < 4.78 is 0.643. The molecule has 0 aromatic rings. The molecule has 174 valence electrons. The fourth-order valence-electron chi connectivity index (χ4n) is 2.63. The third kappa shape index (κ3) is 11.1. The van der Waals surface area contributed by atoms with E-state index in [1.165, 1.54) is 0 Å². The number of amides is 5. The summed E-state index contributed by atoms with van der Waals surface area (Å²) in [7, 11) is 0. The molecule has 1 fully saturated rings. The van der Waals surface area contributed by atoms with Crippen molar-refractivity contribution in [3.63, 3.8) is 0 Å². The van der Waals surface area contributed by atoms with Gasteiger partial charge in [0, 0.05) is 51.9 Å². The minimum Gasteiger partial charge on any atom is -0.354 e. The number of hydrogen-bond donors (Lipinski definition) is 2. The van der Waals surface area contributed by atoms with Crippen LogP contribution in [0.5, 0.6) is 0 Å². The zero-order valence-corrected chi connectivity index (χ0v) is 21.3. The first kappa shape index (κ1) is 27.5. The second-order valence-electron chi connectivity index (χ2n) is 6.60. The fraction of sp³-hybridized carbons (Fsp3) is 0.667. The van der Waals surface area contributed by atoms with E-state index in [0.29, 0.717) is 52.9 Å². The molecule has 11 nitrogen and oxygen atoms in total. The first-order valence-electron chi connectivity index (χ1n) is 9.78. The molecule has 0 saturated carbocycles. The number of halogens is 2. The van der Waals surface area contributed by atoms with Crippen molar-refractivity contribution in [2.45, 2.75) is 38.5 Å². The van der Waals surface area contributed by atoms with E-state index in [4.69, 9.17) is 4.84 Å². The average Bonchev–Trinajstić information content (AvgIpc) is 3.06. The molecule has 13 heteroatoms. The van der Waals surface area contributed by atoms with Gasteiger partial charge in [0.2, 0.25) is 17.7 Å². The highest BCUT2D eigenvalue weighted by Gasteiger charge is 2.32. The van der Waals surface area contributed by atoms with Crippen LogP contribution in [0.2, 0.25) is 0 Å². The minimum atomic E-state index is -0.698. The Hall–Kier alpha value is -1.52. The van der Waals surface area contributed by atoms with E-state index < -0.39 is 17.8 Å². The Labute approximate surface area is 207 Å². The lowest BCUT2D eigenvalue weighted by Crippen LogP contribution is -2.43. The molecule has 0 aromatic heterocycles. The number of carbonyl (C=O) groups is 6. The summed E-state index contributed by atoms with van der Waals surface area (Å²) >= 11 is 3.89. The van der Waals surface area contributed by atoms with E-state index in [2.05, 4.69) is 10.6 Å². The second kappa shape index (κ2) is 15.3. The van der Waals surface area contributed by atoms with Gasteiger partial charge in [0.15, 0.2) is 0 Å². The molecule has 1 heterocycles. The largest absolute Gasteiger partial charge is 0.354 e. The van der Waals surface area contributed by atoms with E-state index in [-0.39, 0.29) is 43.4 Å². The molecule has 1 saturated heterocycles. The van der Waals surface area contributed by atoms with Crippen LogP contribution >= 0.6 is 45.2 Å². The molecule has 31 heavy (non-hydrogen) atoms. The van der Waals surface area contributed by atoms with Gasteiger partial charge in [-0.05, 0) is 12.8 Å². The molecule has 0 aromatic carbocycles. The molecule has 1 aliphatic rings. The van der Waals surface area contributed by atoms with E-state index >= 15 is 0 Å². The van der Waals surface area contributed by atoms with Crippen LogP contribution in [-0.4, -0.2) is 80.5 Å². The van der Waals surface area contributed by atoms with Crippen LogP contribution in [0.4, 0.5) is 0 Å². The molecule has 0 spiro atoms. The lowest BCUT2D eigenvalue weighted by Gasteiger charge is -2.23. The SMILES string of the molecule is O=C(CI)NCCN(CCNC(=O)CI)C(=O)CCCCC(=O)ON1C(=O)CCC1=O. The van der Waals surface area contributed by atoms with Crippen molar-refractivity contribution in [1.82, 2.24) is 20.6 Å². The molecule has 0 aliphatic carbocycles. The fourth-order valence-corrected chi connectivity index (χ4v) is 3.16. The third-order valence-electron chi connectivity index (χ3n) is 4.22. The monoisotopic (exact) mass is 664 g/mol. The number of unbranched alkanes of at least 4 members (excludes halogenated alkanes) is 1. The first-order valence-corrected chi connectivity index (χ1v) is 12.8. The van der Waals surface area contributed by atoms with Gasteiger partial charge in [0.05, 0.1) is 8.86 Å². The van der Waals surface area contributed by atoms with Crippen LogP contribution in [0.3, 0.4) is 0 Å². The van der Waals surface area contributed by atoms with Crippen LogP contribution in [0, 0.1) is 0 Å². The summed E-state index contributed by atoms with van der Waals surface area (Å²) in [6.07, 6.45) is 0.982. The van der Waals surface area contributed by atoms with Crippen LogP contribution in [-0.2, 0) is 33.6 Å². The van der Waals surface area contributed by atoms with Crippen molar-refractivity contribution in [3.8, 4) is 0 Å². The van der Waals surface area contributed by atoms with Gasteiger partial charge in [-0.25, -0.2) is 4.79 Å². The summed E-state index contributed by atoms with van der Waals surface area (Å²) in [6.45, 7) is 1.22. The molecular formula is C18H26I2N4O7. The lowest BCUT2D eigenvalue weighted by atomic mass is 10.2. The van der Waals surface area contributed by atoms with Gasteiger partial charge in [-0.2, -0.15) is 0 Å². The molecule has 1 aliphatic heterocycles. The van der Waals surface area contributed by atoms with Crippen molar-refractivity contribution in [3.05, 3.63) is 0 Å². The van der Waals surface area contributed by atoms with E-state index in [9.17, 15) is 28.8 Å². The molecule has 0 bridgehead atoms. The van der Waals surface area contributed by atoms with E-state index in [0.717, 1.165) is 0 Å². The third-order valence-corrected chi connectivity index (χ3v) is 5.61. The Morgan fingerprint density at radius 2 is 1.35 bits per heavy atom. The number of alkyl halides is 2. The number of hydroxylamine groups is 2. The Bertz CT molecular complexity index is 652. The van der Waals surface area contributed by atoms with Gasteiger partial charge in [0.1, 0.15) is 0 Å². The molecular weight excluding hydrogens is 638 g/mol. The van der Waals surface area contributed by atoms with E-state index in [1.54, 1.807) is 4.90 Å². The van der Waals surface area contributed by atoms with Crippen LogP contribution < -0.4 is 10.6 Å². The number of nitrogens with zero attached hydrogens (tertiary/aromatic N) is 2. The van der Waals surface area contributed by atoms with Crippen molar-refractivity contribution >= 4 is 80.7 Å². The highest BCUT2D eigenvalue weighted by molar-refractivity contribution is 14.1. The summed E-state index contributed by atoms with van der Waals surface area (Å²) in [5.41, 5.74) is 0. The van der Waals surface area contributed by atoms with Crippen molar-refractivity contribution in [1.29, 1.82) is 0 Å². The number of imide groups is 1. The van der Waals surface area contributed by atoms with Crippen LogP contribution in [0.15, 0.2) is 0 Å². The number of nitrogens with one attached hydrogen (secondary N) is 2. The quantitative estimate of drug-likeness (QED) is 0.116. The zero-order chi connectivity index (χ0) is 23.2. The predicted octanol–water partition coefficient (Wildman–Crippen LogP) is 0.0850. The molecule has 2 N–H and O–H groups in total. The van der Waals surface area contributed by atoms with Crippen molar-refractivity contribution < 1.29 is 33.6 Å². The second-order valence-corrected chi connectivity index (χ2v) is 8.13. The van der Waals surface area contributed by atoms with Crippen molar-refractivity contribution in [2.75, 3.05) is 35.0 Å². The minimum absolute atomic E-state index is 0.0260. The standard InChI is InChI=1S/C18H26I2N4O7/c19-11-13(25)21-7-9-23(10-8-22-14(26)12-20)15(27)3-1-2-4-18(30)31-24-16(28)5-6-17(24)29/h1-12H2,(H,21,25)(H,22,26). The van der Waals surface area contributed by atoms with Gasteiger partial charge in [-0.15, -0.1) is 5.06 Å². The maximum atomic E-state index is 12.5. The lowest BCUT2D eigenvalue weighted by molar-refractivity contribution is -0.197. The topological polar surface area (TPSA) is 142 Å². The van der Waals surface area contributed by atoms with E-state index in [1.807, 2.05) is 45.2 Å². The van der Waals surface area contributed by atoms with Crippen LogP contribution in [0.25, 0.3) is 0 Å². The maximum absolute atomic E-state index is 12.5. The summed E-state index contributed by atoms with van der Waals surface area (Å²) in [5.74, 6) is -2.18. The Morgan fingerprint density at radius 1 is 0.871 bits per heavy atom. The molecule has 0 unspecified atom stereocenters. The van der Waals surface area contributed by atoms with Crippen molar-refractivity contribution in [2.24, 2.45) is 0 Å². The Balaban J connectivity index is 2.38. The molecule has 5 amide bonds. The van der Waals surface area contributed by atoms with Crippen LogP contribution in [0.1, 0.15) is 38.5 Å². The summed E-state index contributed by atoms with van der Waals surface area (Å²) in [6, 6.07) is 0. The smallest absolute Gasteiger partial charge is 0.333 e. The first-order chi connectivity index (χ1) is 14.8. The Kier molecular flexibility index (Phi) is 13.6. The van der Waals surface area contributed by atoms with Gasteiger partial charge in [0.25, 0.3) is 11.8 Å². The molecule has 1 rings (SSSR count). The maximum Gasteiger partial charge on any atom is 0.333 e. The predicted molar refractivity (Wildman–Crippen MR) is 126 cm³/mol. The van der Waals surface area contributed by atoms with Gasteiger partial charge in [-0.3, -0.25) is 24.0 Å². The zero-order valence-electron chi connectivity index (χ0n) is 17.0. The number of rotatable bonds is 14. The molecule has 0 atom stereocenters. The Morgan fingerprint density at radius 3 is 1.84 bits per heavy atom. The highest BCUT2D eigenvalue weighted by Crippen LogP contribution is 2.13. The number of carbonyl (C=O) groups excluding carboxylic acids is 6. The highest BCUT2D eigenvalue weighted by atomic mass is 127.